The quantitative estimate of drug-likeness (QED) is 0.176. The number of benzene rings is 11. The van der Waals surface area contributed by atoms with Gasteiger partial charge >= 0.3 is 0 Å². The van der Waals surface area contributed by atoms with Gasteiger partial charge in [0.2, 0.25) is 0 Å². The molecule has 13 aromatic rings. The molecule has 306 valence electrons. The van der Waals surface area contributed by atoms with Crippen molar-refractivity contribution in [3.63, 3.8) is 0 Å². The van der Waals surface area contributed by atoms with Crippen molar-refractivity contribution >= 4 is 82.4 Å². The second-order valence-electron chi connectivity index (χ2n) is 17.9. The van der Waals surface area contributed by atoms with Gasteiger partial charge < -0.3 is 13.9 Å². The zero-order valence-electron chi connectivity index (χ0n) is 35.7. The Morgan fingerprint density at radius 1 is 0.348 bits per heavy atom. The van der Waals surface area contributed by atoms with E-state index in [1.165, 1.54) is 82.3 Å². The molecule has 0 unspecified atom stereocenters. The first kappa shape index (κ1) is 35.8. The van der Waals surface area contributed by atoms with E-state index >= 15 is 0 Å². The van der Waals surface area contributed by atoms with Gasteiger partial charge in [-0.25, -0.2) is 0 Å². The summed E-state index contributed by atoms with van der Waals surface area (Å²) in [7, 11) is 0. The molecule has 0 radical (unpaired) electrons. The maximum Gasteiger partial charge on any atom is 0.137 e. The molecule has 0 atom stereocenters. The Morgan fingerprint density at radius 3 is 1.73 bits per heavy atom. The average molecular weight is 839 g/mol. The fourth-order valence-electron chi connectivity index (χ4n) is 12.2. The standard InChI is InChI=1S/C63H38N2O/c1-2-18-41-39(16-1)17-13-30-54(41)65-55-29-11-6-22-45(55)46-35-34-40(38-58(46)65)64(57-31-15-33-60-62(57)49-23-7-12-32-59(49)66-60)56-37-36-47-44-21-5-10-27-52(44)63(53-28-14-24-48(56)61(47)53)50-25-8-3-19-42(50)43-20-4-9-26-51(43)63/h1-38H. The van der Waals surface area contributed by atoms with Crippen LogP contribution in [0.25, 0.3) is 93.2 Å². The summed E-state index contributed by atoms with van der Waals surface area (Å²) in [6.45, 7) is 0. The lowest BCUT2D eigenvalue weighted by molar-refractivity contribution is 0.669. The number of rotatable bonds is 4. The second kappa shape index (κ2) is 13.2. The van der Waals surface area contributed by atoms with Crippen LogP contribution in [0.5, 0.6) is 0 Å². The number of hydrogen-bond donors (Lipinski definition) is 0. The highest BCUT2D eigenvalue weighted by Crippen LogP contribution is 2.62. The van der Waals surface area contributed by atoms with Gasteiger partial charge in [-0.2, -0.15) is 0 Å². The van der Waals surface area contributed by atoms with Gasteiger partial charge in [-0.15, -0.1) is 0 Å². The van der Waals surface area contributed by atoms with Crippen molar-refractivity contribution in [2.45, 2.75) is 5.41 Å². The molecule has 0 saturated carbocycles. The number of fused-ring (bicyclic) bond motifs is 16. The van der Waals surface area contributed by atoms with Gasteiger partial charge in [-0.3, -0.25) is 0 Å². The van der Waals surface area contributed by atoms with E-state index in [9.17, 15) is 0 Å². The SMILES string of the molecule is c1ccc2c(c1)-c1ccccc1C21c2ccccc2-c2ccc(N(c3ccc4c5ccccc5n(-c5cccc6ccccc56)c4c3)c3cccc4oc5ccccc5c34)c3cccc1c23. The molecule has 15 rings (SSSR count). The highest BCUT2D eigenvalue weighted by Gasteiger charge is 2.50. The third-order valence-corrected chi connectivity index (χ3v) is 14.8. The van der Waals surface area contributed by atoms with Crippen molar-refractivity contribution in [2.75, 3.05) is 4.90 Å². The van der Waals surface area contributed by atoms with E-state index in [0.717, 1.165) is 50.2 Å². The van der Waals surface area contributed by atoms with Crippen LogP contribution < -0.4 is 4.90 Å². The molecule has 1 spiro atoms. The van der Waals surface area contributed by atoms with Gasteiger partial charge in [-0.1, -0.05) is 182 Å². The van der Waals surface area contributed by atoms with Gasteiger partial charge in [0.25, 0.3) is 0 Å². The Labute approximate surface area is 380 Å². The minimum atomic E-state index is -0.501. The molecular weight excluding hydrogens is 801 g/mol. The Hall–Kier alpha value is -8.66. The monoisotopic (exact) mass is 838 g/mol. The third kappa shape index (κ3) is 4.56. The predicted molar refractivity (Wildman–Crippen MR) is 274 cm³/mol. The zero-order chi connectivity index (χ0) is 43.1. The first-order valence-electron chi connectivity index (χ1n) is 22.8. The Morgan fingerprint density at radius 2 is 0.924 bits per heavy atom. The molecule has 0 N–H and O–H groups in total. The molecule has 0 amide bonds. The summed E-state index contributed by atoms with van der Waals surface area (Å²) >= 11 is 0. The lowest BCUT2D eigenvalue weighted by Gasteiger charge is -2.40. The predicted octanol–water partition coefficient (Wildman–Crippen LogP) is 16.8. The number of aromatic nitrogens is 1. The summed E-state index contributed by atoms with van der Waals surface area (Å²) < 4.78 is 9.10. The summed E-state index contributed by atoms with van der Waals surface area (Å²) in [5, 5.41) is 9.52. The molecule has 66 heavy (non-hydrogen) atoms. The third-order valence-electron chi connectivity index (χ3n) is 14.8. The molecule has 0 aliphatic heterocycles. The minimum absolute atomic E-state index is 0.501. The van der Waals surface area contributed by atoms with Gasteiger partial charge in [0.1, 0.15) is 11.2 Å². The van der Waals surface area contributed by atoms with E-state index in [-0.39, 0.29) is 0 Å². The van der Waals surface area contributed by atoms with Gasteiger partial charge in [0.15, 0.2) is 0 Å². The highest BCUT2D eigenvalue weighted by molar-refractivity contribution is 6.18. The van der Waals surface area contributed by atoms with E-state index in [1.807, 2.05) is 0 Å². The summed E-state index contributed by atoms with van der Waals surface area (Å²) in [5.74, 6) is 0. The first-order chi connectivity index (χ1) is 32.8. The molecule has 3 heteroatoms. The lowest BCUT2D eigenvalue weighted by atomic mass is 9.61. The largest absolute Gasteiger partial charge is 0.456 e. The Bertz CT molecular complexity index is 4150. The smallest absolute Gasteiger partial charge is 0.137 e. The zero-order valence-corrected chi connectivity index (χ0v) is 35.7. The van der Waals surface area contributed by atoms with Gasteiger partial charge in [-0.05, 0) is 104 Å². The van der Waals surface area contributed by atoms with Crippen molar-refractivity contribution in [3.05, 3.63) is 253 Å². The van der Waals surface area contributed by atoms with E-state index in [1.54, 1.807) is 0 Å². The van der Waals surface area contributed by atoms with Crippen LogP contribution in [0.3, 0.4) is 0 Å². The van der Waals surface area contributed by atoms with Gasteiger partial charge in [0, 0.05) is 32.6 Å². The van der Waals surface area contributed by atoms with Crippen LogP contribution in [0, 0.1) is 0 Å². The highest BCUT2D eigenvalue weighted by atomic mass is 16.3. The van der Waals surface area contributed by atoms with Gasteiger partial charge in [0.05, 0.1) is 38.9 Å². The second-order valence-corrected chi connectivity index (χ2v) is 17.9. The fourth-order valence-corrected chi connectivity index (χ4v) is 12.2. The molecule has 2 aliphatic carbocycles. The normalized spacial score (nSPS) is 13.3. The van der Waals surface area contributed by atoms with Crippen LogP contribution in [0.2, 0.25) is 0 Å². The van der Waals surface area contributed by atoms with Crippen LogP contribution >= 0.6 is 0 Å². The number of para-hydroxylation sites is 2. The van der Waals surface area contributed by atoms with E-state index in [4.69, 9.17) is 4.42 Å². The van der Waals surface area contributed by atoms with Crippen molar-refractivity contribution in [2.24, 2.45) is 0 Å². The lowest BCUT2D eigenvalue weighted by Crippen LogP contribution is -2.31. The van der Waals surface area contributed by atoms with Crippen molar-refractivity contribution < 1.29 is 4.42 Å². The summed E-state index contributed by atoms with van der Waals surface area (Å²) in [4.78, 5) is 2.50. The van der Waals surface area contributed by atoms with Crippen LogP contribution in [0.4, 0.5) is 17.1 Å². The van der Waals surface area contributed by atoms with Crippen molar-refractivity contribution in [1.82, 2.24) is 4.57 Å². The molecular formula is C63H38N2O. The Kier molecular flexibility index (Phi) is 7.15. The fraction of sp³-hybridized carbons (Fsp3) is 0.0159. The maximum absolute atomic E-state index is 6.63. The Balaban J connectivity index is 1.07. The summed E-state index contributed by atoms with van der Waals surface area (Å²) in [6.07, 6.45) is 0. The number of hydrogen-bond acceptors (Lipinski definition) is 2. The molecule has 0 fully saturated rings. The maximum atomic E-state index is 6.63. The molecule has 2 aliphatic rings. The van der Waals surface area contributed by atoms with E-state index in [2.05, 4.69) is 240 Å². The topological polar surface area (TPSA) is 21.3 Å². The molecule has 0 bridgehead atoms. The molecule has 0 saturated heterocycles. The number of furan rings is 1. The van der Waals surface area contributed by atoms with Crippen LogP contribution in [0.15, 0.2) is 235 Å². The summed E-state index contributed by atoms with van der Waals surface area (Å²) in [6, 6.07) is 85.2. The molecule has 3 nitrogen and oxygen atoms in total. The molecule has 11 aromatic carbocycles. The van der Waals surface area contributed by atoms with Crippen LogP contribution in [0.1, 0.15) is 22.3 Å². The first-order valence-corrected chi connectivity index (χ1v) is 22.8. The average Bonchev–Trinajstić information content (AvgIpc) is 4.03. The summed E-state index contributed by atoms with van der Waals surface area (Å²) in [5.41, 5.74) is 18.4. The van der Waals surface area contributed by atoms with Crippen molar-refractivity contribution in [3.8, 4) is 27.9 Å². The molecule has 2 aromatic heterocycles. The van der Waals surface area contributed by atoms with Crippen LogP contribution in [-0.2, 0) is 5.41 Å². The van der Waals surface area contributed by atoms with E-state index < -0.39 is 5.41 Å². The molecule has 2 heterocycles. The number of nitrogens with zero attached hydrogens (tertiary/aromatic N) is 2. The number of anilines is 3. The van der Waals surface area contributed by atoms with Crippen molar-refractivity contribution in [1.29, 1.82) is 0 Å². The van der Waals surface area contributed by atoms with Crippen LogP contribution in [-0.4, -0.2) is 4.57 Å². The minimum Gasteiger partial charge on any atom is -0.456 e. The van der Waals surface area contributed by atoms with E-state index in [0.29, 0.717) is 0 Å².